The summed E-state index contributed by atoms with van der Waals surface area (Å²) < 4.78 is 45.4. The summed E-state index contributed by atoms with van der Waals surface area (Å²) in [6.07, 6.45) is 1.58. The van der Waals surface area contributed by atoms with Crippen molar-refractivity contribution in [1.82, 2.24) is 14.1 Å². The van der Waals surface area contributed by atoms with Crippen molar-refractivity contribution in [2.24, 2.45) is 0 Å². The molecule has 1 aromatic carbocycles. The molecule has 4 rings (SSSR count). The number of aromatic nitrogens is 2. The molecule has 1 aliphatic heterocycles. The van der Waals surface area contributed by atoms with E-state index < -0.39 is 10.0 Å². The molecule has 0 radical (unpaired) electrons. The van der Waals surface area contributed by atoms with Gasteiger partial charge in [-0.25, -0.2) is 13.1 Å². The quantitative estimate of drug-likeness (QED) is 0.531. The molecule has 33 heavy (non-hydrogen) atoms. The first-order valence-electron chi connectivity index (χ1n) is 10.5. The van der Waals surface area contributed by atoms with Crippen molar-refractivity contribution in [1.29, 1.82) is 0 Å². The minimum atomic E-state index is -3.78. The van der Waals surface area contributed by atoms with E-state index in [1.807, 2.05) is 19.1 Å². The van der Waals surface area contributed by atoms with Gasteiger partial charge in [-0.3, -0.25) is 4.79 Å². The topological polar surface area (TPSA) is 116 Å². The van der Waals surface area contributed by atoms with E-state index in [9.17, 15) is 13.2 Å². The van der Waals surface area contributed by atoms with Crippen molar-refractivity contribution in [2.75, 3.05) is 38.7 Å². The predicted molar refractivity (Wildman–Crippen MR) is 120 cm³/mol. The molecule has 176 valence electrons. The number of anilines is 1. The van der Waals surface area contributed by atoms with Crippen molar-refractivity contribution >= 4 is 21.7 Å². The molecule has 1 fully saturated rings. The monoisotopic (exact) mass is 474 g/mol. The number of aryl methyl sites for hydroxylation is 1. The zero-order valence-electron chi connectivity index (χ0n) is 18.5. The smallest absolute Gasteiger partial charge is 0.246 e. The summed E-state index contributed by atoms with van der Waals surface area (Å²) >= 11 is 0. The van der Waals surface area contributed by atoms with E-state index in [2.05, 4.69) is 10.4 Å². The highest BCUT2D eigenvalue weighted by molar-refractivity contribution is 7.89. The fourth-order valence-corrected chi connectivity index (χ4v) is 5.23. The number of benzene rings is 1. The normalized spacial score (nSPS) is 14.8. The number of carbonyl (C=O) groups is 1. The van der Waals surface area contributed by atoms with E-state index >= 15 is 0 Å². The Hall–Kier alpha value is -3.15. The second kappa shape index (κ2) is 9.77. The number of nitrogens with one attached hydrogen (secondary N) is 1. The second-order valence-corrected chi connectivity index (χ2v) is 9.52. The summed E-state index contributed by atoms with van der Waals surface area (Å²) in [5, 5.41) is 7.06. The highest BCUT2D eigenvalue weighted by Crippen LogP contribution is 2.28. The molecular weight excluding hydrogens is 448 g/mol. The average Bonchev–Trinajstić information content (AvgIpc) is 3.42. The number of hydrogen-bond donors (Lipinski definition) is 1. The first kappa shape index (κ1) is 23.0. The number of furan rings is 1. The third kappa shape index (κ3) is 5.27. The minimum Gasteiger partial charge on any atom is -0.495 e. The van der Waals surface area contributed by atoms with E-state index in [-0.39, 0.29) is 36.1 Å². The molecule has 2 aromatic heterocycles. The van der Waals surface area contributed by atoms with Crippen molar-refractivity contribution in [3.05, 3.63) is 59.7 Å². The summed E-state index contributed by atoms with van der Waals surface area (Å²) in [5.41, 5.74) is 0.549. The molecule has 1 N–H and O–H groups in total. The Morgan fingerprint density at radius 3 is 2.67 bits per heavy atom. The highest BCUT2D eigenvalue weighted by atomic mass is 32.2. The Morgan fingerprint density at radius 1 is 1.18 bits per heavy atom. The molecule has 0 atom stereocenters. The van der Waals surface area contributed by atoms with Gasteiger partial charge in [0.05, 0.1) is 32.9 Å². The van der Waals surface area contributed by atoms with E-state index in [1.54, 1.807) is 29.1 Å². The van der Waals surface area contributed by atoms with Crippen LogP contribution in [0.25, 0.3) is 0 Å². The summed E-state index contributed by atoms with van der Waals surface area (Å²) in [6.45, 7) is 3.47. The molecule has 0 aliphatic carbocycles. The van der Waals surface area contributed by atoms with Crippen molar-refractivity contribution in [2.45, 2.75) is 24.8 Å². The Kier molecular flexibility index (Phi) is 6.82. The van der Waals surface area contributed by atoms with Crippen molar-refractivity contribution < 1.29 is 27.1 Å². The summed E-state index contributed by atoms with van der Waals surface area (Å²) in [4.78, 5) is 12.8. The van der Waals surface area contributed by atoms with Gasteiger partial charge in [0.2, 0.25) is 15.9 Å². The van der Waals surface area contributed by atoms with Crippen molar-refractivity contribution in [3.8, 4) is 5.75 Å². The molecular formula is C22H26N4O6S. The van der Waals surface area contributed by atoms with Gasteiger partial charge in [-0.2, -0.15) is 9.40 Å². The van der Waals surface area contributed by atoms with E-state index in [0.717, 1.165) is 11.5 Å². The summed E-state index contributed by atoms with van der Waals surface area (Å²) in [5.74, 6) is 1.97. The van der Waals surface area contributed by atoms with Crippen LogP contribution in [0.3, 0.4) is 0 Å². The molecule has 0 unspecified atom stereocenters. The van der Waals surface area contributed by atoms with Gasteiger partial charge in [0.1, 0.15) is 34.5 Å². The summed E-state index contributed by atoms with van der Waals surface area (Å²) in [7, 11) is -2.36. The highest BCUT2D eigenvalue weighted by Gasteiger charge is 2.29. The number of methoxy groups -OCH3 is 1. The molecule has 1 aliphatic rings. The molecule has 3 aromatic rings. The van der Waals surface area contributed by atoms with Crippen LogP contribution in [0.5, 0.6) is 5.75 Å². The van der Waals surface area contributed by atoms with Crippen LogP contribution in [-0.4, -0.2) is 61.8 Å². The molecule has 1 saturated heterocycles. The minimum absolute atomic E-state index is 0.0132. The van der Waals surface area contributed by atoms with Crippen LogP contribution >= 0.6 is 0 Å². The van der Waals surface area contributed by atoms with Gasteiger partial charge < -0.3 is 19.2 Å². The van der Waals surface area contributed by atoms with E-state index in [1.165, 1.54) is 17.5 Å². The number of carbonyl (C=O) groups excluding carboxylic acids is 1. The van der Waals surface area contributed by atoms with Crippen LogP contribution in [0.15, 0.2) is 51.9 Å². The van der Waals surface area contributed by atoms with Gasteiger partial charge in [-0.15, -0.1) is 0 Å². The first-order valence-corrected chi connectivity index (χ1v) is 11.9. The molecule has 0 saturated carbocycles. The third-order valence-corrected chi connectivity index (χ3v) is 7.19. The molecule has 3 heterocycles. The maximum atomic E-state index is 13.2. The number of amides is 1. The van der Waals surface area contributed by atoms with Gasteiger partial charge in [0, 0.05) is 19.2 Å². The van der Waals surface area contributed by atoms with Gasteiger partial charge >= 0.3 is 0 Å². The van der Waals surface area contributed by atoms with Gasteiger partial charge in [-0.1, -0.05) is 6.07 Å². The SMILES string of the molecule is COc1ccc(CC(=O)Nc2ccnn2Cc2ccc(C)o2)cc1S(=O)(=O)N1CCOCC1. The van der Waals surface area contributed by atoms with Gasteiger partial charge in [0.25, 0.3) is 0 Å². The lowest BCUT2D eigenvalue weighted by Gasteiger charge is -2.26. The number of hydrogen-bond acceptors (Lipinski definition) is 7. The van der Waals surface area contributed by atoms with Crippen LogP contribution in [-0.2, 0) is 32.5 Å². The Morgan fingerprint density at radius 2 is 1.97 bits per heavy atom. The fraction of sp³-hybridized carbons (Fsp3) is 0.364. The van der Waals surface area contributed by atoms with Crippen molar-refractivity contribution in [3.63, 3.8) is 0 Å². The number of sulfonamides is 1. The Balaban J connectivity index is 1.49. The zero-order valence-corrected chi connectivity index (χ0v) is 19.3. The summed E-state index contributed by atoms with van der Waals surface area (Å²) in [6, 6.07) is 10.2. The van der Waals surface area contributed by atoms with Crippen LogP contribution in [0.1, 0.15) is 17.1 Å². The first-order chi connectivity index (χ1) is 15.9. The van der Waals surface area contributed by atoms with Crippen LogP contribution in [0.2, 0.25) is 0 Å². The number of morpholine rings is 1. The maximum Gasteiger partial charge on any atom is 0.246 e. The van der Waals surface area contributed by atoms with Crippen LogP contribution in [0.4, 0.5) is 5.82 Å². The number of rotatable bonds is 8. The lowest BCUT2D eigenvalue weighted by Crippen LogP contribution is -2.40. The Labute approximate surface area is 192 Å². The third-order valence-electron chi connectivity index (χ3n) is 5.27. The fourth-order valence-electron chi connectivity index (χ4n) is 3.61. The Bertz CT molecular complexity index is 1230. The number of ether oxygens (including phenoxy) is 2. The lowest BCUT2D eigenvalue weighted by atomic mass is 10.1. The zero-order chi connectivity index (χ0) is 23.4. The molecule has 1 amide bonds. The standard InChI is InChI=1S/C22H26N4O6S/c1-16-3-5-18(32-16)15-26-21(7-8-23-26)24-22(27)14-17-4-6-19(30-2)20(13-17)33(28,29)25-9-11-31-12-10-25/h3-8,13H,9-12,14-15H2,1-2H3,(H,24,27). The predicted octanol–water partition coefficient (Wildman–Crippen LogP) is 2.04. The lowest BCUT2D eigenvalue weighted by molar-refractivity contribution is -0.115. The average molecular weight is 475 g/mol. The van der Waals surface area contributed by atoms with E-state index in [4.69, 9.17) is 13.9 Å². The van der Waals surface area contributed by atoms with Gasteiger partial charge in [-0.05, 0) is 36.8 Å². The maximum absolute atomic E-state index is 13.2. The molecule has 0 bridgehead atoms. The molecule has 0 spiro atoms. The largest absolute Gasteiger partial charge is 0.495 e. The second-order valence-electron chi connectivity index (χ2n) is 7.61. The van der Waals surface area contributed by atoms with E-state index in [0.29, 0.717) is 31.1 Å². The molecule has 11 heteroatoms. The van der Waals surface area contributed by atoms with Crippen LogP contribution in [0, 0.1) is 6.92 Å². The molecule has 10 nitrogen and oxygen atoms in total. The van der Waals surface area contributed by atoms with Crippen LogP contribution < -0.4 is 10.1 Å². The van der Waals surface area contributed by atoms with Gasteiger partial charge in [0.15, 0.2) is 0 Å². The number of nitrogens with zero attached hydrogens (tertiary/aromatic N) is 3.